The molecule has 0 aliphatic carbocycles. The molecule has 0 bridgehead atoms. The number of aryl methyl sites for hydroxylation is 8. The van der Waals surface area contributed by atoms with Crippen LogP contribution >= 0.6 is 0 Å². The van der Waals surface area contributed by atoms with E-state index < -0.39 is 0 Å². The molecule has 11 aromatic carbocycles. The fraction of sp³-hybridized carbons (Fsp3) is 0.308. The van der Waals surface area contributed by atoms with Crippen molar-refractivity contribution in [3.63, 3.8) is 0 Å². The van der Waals surface area contributed by atoms with Gasteiger partial charge in [0.25, 0.3) is 0 Å². The lowest BCUT2D eigenvalue weighted by molar-refractivity contribution is 0.736. The Labute approximate surface area is 690 Å². The standard InChI is InChI=1S/2C14H12N2.4C13H10N2.6C4H10/c1-9-12-8-7-11-5-3-4-6-13(11)14(12)16-10(2)15-9;1-9-10(2)16-14-12-6-4-3-5-11(12)7-8-13(14)15-9;1-9-11-7-6-10-4-2-3-5-12(10)13(11)15-8-14-9;1-9-8-14-13-11-5-3-2-4-10(11)6-7-12(13)15-9;1-9-8-14-12-7-6-10-4-2-3-5-11(10)13(12)15-9;1-9-6-7-12-13(15-9)11-5-3-2-4-10(11)8-14-12;6*1-4(2)3/h2*3-8H,1-2H3;4*2-8H,1H3;6*4H,1-3H3. The van der Waals surface area contributed by atoms with E-state index in [1.807, 2.05) is 159 Å². The first-order valence-corrected chi connectivity index (χ1v) is 41.0. The Morgan fingerprint density at radius 2 is 0.491 bits per heavy atom. The van der Waals surface area contributed by atoms with Crippen LogP contribution in [0.5, 0.6) is 0 Å². The molecule has 0 spiro atoms. The molecule has 7 heterocycles. The SMILES string of the molecule is CC(C)C.CC(C)C.CC(C)C.CC(C)C.CC(C)C.CC(C)C.Cc1ccc2ncc3ccccc3c2n1.Cc1cnc2c(ccc3ccccc32)n1.Cc1cnc2ccc3ccccc3c2n1.Cc1nc(C)c2ccc3ccccc3c2n1.Cc1nc2ccc3ccccc3c2nc1C.Cc1ncnc2c1ccc1ccccc12. The number of hydrogen-bond acceptors (Lipinski definition) is 12. The van der Waals surface area contributed by atoms with Crippen LogP contribution in [0.4, 0.5) is 0 Å². The summed E-state index contributed by atoms with van der Waals surface area (Å²) in [6, 6.07) is 74.4. The first-order chi connectivity index (χ1) is 55.3. The molecule has 0 saturated carbocycles. The van der Waals surface area contributed by atoms with E-state index in [0.29, 0.717) is 0 Å². The summed E-state index contributed by atoms with van der Waals surface area (Å²) in [5, 5.41) is 16.6. The van der Waals surface area contributed by atoms with Gasteiger partial charge in [-0.1, -0.05) is 313 Å². The molecule has 0 aliphatic rings. The topological polar surface area (TPSA) is 155 Å². The Balaban J connectivity index is 0.000000182. The lowest BCUT2D eigenvalue weighted by Gasteiger charge is -2.05. The molecule has 0 saturated heterocycles. The van der Waals surface area contributed by atoms with Crippen molar-refractivity contribution in [1.82, 2.24) is 59.8 Å². The number of benzene rings is 11. The second-order valence-electron chi connectivity index (χ2n) is 33.1. The van der Waals surface area contributed by atoms with E-state index in [2.05, 4.69) is 312 Å². The van der Waals surface area contributed by atoms with E-state index in [1.165, 1.54) is 59.2 Å². The summed E-state index contributed by atoms with van der Waals surface area (Å²) >= 11 is 0. The Bertz CT molecular complexity index is 5910. The molecule has 18 rings (SSSR count). The largest absolute Gasteiger partial charge is 0.254 e. The average molecular weight is 1540 g/mol. The molecule has 0 radical (unpaired) electrons. The fourth-order valence-electron chi connectivity index (χ4n) is 11.5. The highest BCUT2D eigenvalue weighted by Gasteiger charge is 2.10. The molecule has 18 aromatic rings. The monoisotopic (exact) mass is 1540 g/mol. The molecule has 12 nitrogen and oxygen atoms in total. The van der Waals surface area contributed by atoms with Crippen LogP contribution < -0.4 is 0 Å². The van der Waals surface area contributed by atoms with Gasteiger partial charge in [-0.15, -0.1) is 0 Å². The van der Waals surface area contributed by atoms with Gasteiger partial charge in [0.15, 0.2) is 0 Å². The maximum atomic E-state index is 4.64. The number of pyridine rings is 2. The zero-order valence-electron chi connectivity index (χ0n) is 73.9. The minimum absolute atomic E-state index is 0.833. The predicted octanol–water partition coefficient (Wildman–Crippen LogP) is 29.1. The van der Waals surface area contributed by atoms with E-state index in [-0.39, 0.29) is 0 Å². The first kappa shape index (κ1) is 91.4. The predicted molar refractivity (Wildman–Crippen MR) is 503 cm³/mol. The number of rotatable bonds is 0. The number of hydrogen-bond donors (Lipinski definition) is 0. The second kappa shape index (κ2) is 45.4. The molecule has 600 valence electrons. The summed E-state index contributed by atoms with van der Waals surface area (Å²) in [5.41, 5.74) is 17.0. The van der Waals surface area contributed by atoms with Crippen LogP contribution in [0.2, 0.25) is 0 Å². The van der Waals surface area contributed by atoms with Gasteiger partial charge in [-0.2, -0.15) is 0 Å². The lowest BCUT2D eigenvalue weighted by atomic mass is 10.1. The zero-order chi connectivity index (χ0) is 84.7. The third kappa shape index (κ3) is 28.1. The molecule has 116 heavy (non-hydrogen) atoms. The quantitative estimate of drug-likeness (QED) is 0.133. The average Bonchev–Trinajstić information content (AvgIpc) is 0.839. The fourth-order valence-corrected chi connectivity index (χ4v) is 11.5. The summed E-state index contributed by atoms with van der Waals surface area (Å²) in [4.78, 5) is 53.5. The normalized spacial score (nSPS) is 10.6. The summed E-state index contributed by atoms with van der Waals surface area (Å²) in [6.07, 6.45) is 7.14. The summed E-state index contributed by atoms with van der Waals surface area (Å²) in [5.74, 6) is 5.83. The molecule has 0 fully saturated rings. The number of fused-ring (bicyclic) bond motifs is 18. The van der Waals surface area contributed by atoms with Crippen LogP contribution in [-0.4, -0.2) is 59.8 Å². The lowest BCUT2D eigenvalue weighted by Crippen LogP contribution is -1.93. The number of nitrogens with zero attached hydrogens (tertiary/aromatic N) is 12. The van der Waals surface area contributed by atoms with Crippen molar-refractivity contribution < 1.29 is 0 Å². The molecule has 12 heteroatoms. The van der Waals surface area contributed by atoms with Crippen molar-refractivity contribution in [1.29, 1.82) is 0 Å². The van der Waals surface area contributed by atoms with Gasteiger partial charge in [-0.05, 0) is 148 Å². The third-order valence-corrected chi connectivity index (χ3v) is 16.3. The molecular weight excluding hydrogens is 1420 g/mol. The number of aromatic nitrogens is 12. The highest BCUT2D eigenvalue weighted by Crippen LogP contribution is 2.29. The van der Waals surface area contributed by atoms with Crippen molar-refractivity contribution >= 4 is 131 Å². The summed E-state index contributed by atoms with van der Waals surface area (Å²) in [6.45, 7) is 54.9. The summed E-state index contributed by atoms with van der Waals surface area (Å²) in [7, 11) is 0. The zero-order valence-corrected chi connectivity index (χ0v) is 73.9. The van der Waals surface area contributed by atoms with Gasteiger partial charge in [-0.25, -0.2) is 39.9 Å². The molecule has 0 N–H and O–H groups in total. The molecule has 0 aliphatic heterocycles. The Kier molecular flexibility index (Phi) is 35.8. The highest BCUT2D eigenvalue weighted by molar-refractivity contribution is 6.09. The van der Waals surface area contributed by atoms with Gasteiger partial charge >= 0.3 is 0 Å². The van der Waals surface area contributed by atoms with Crippen molar-refractivity contribution in [3.05, 3.63) is 289 Å². The Morgan fingerprint density at radius 3 is 0.948 bits per heavy atom. The molecule has 7 aromatic heterocycles. The van der Waals surface area contributed by atoms with Gasteiger partial charge in [-0.3, -0.25) is 19.9 Å². The van der Waals surface area contributed by atoms with Gasteiger partial charge in [0.05, 0.1) is 77.9 Å². The van der Waals surface area contributed by atoms with Crippen LogP contribution in [0, 0.1) is 90.9 Å². The van der Waals surface area contributed by atoms with E-state index in [0.717, 1.165) is 153 Å². The molecule has 0 atom stereocenters. The van der Waals surface area contributed by atoms with Crippen molar-refractivity contribution in [3.8, 4) is 0 Å². The minimum Gasteiger partial charge on any atom is -0.254 e. The third-order valence-electron chi connectivity index (χ3n) is 16.3. The maximum Gasteiger partial charge on any atom is 0.126 e. The van der Waals surface area contributed by atoms with Gasteiger partial charge in [0.2, 0.25) is 0 Å². The van der Waals surface area contributed by atoms with Crippen LogP contribution in [0.25, 0.3) is 131 Å². The second-order valence-corrected chi connectivity index (χ2v) is 33.1. The van der Waals surface area contributed by atoms with Crippen LogP contribution in [0.1, 0.15) is 170 Å². The van der Waals surface area contributed by atoms with Crippen molar-refractivity contribution in [2.75, 3.05) is 0 Å². The smallest absolute Gasteiger partial charge is 0.126 e. The maximum absolute atomic E-state index is 4.64. The summed E-state index contributed by atoms with van der Waals surface area (Å²) < 4.78 is 0. The van der Waals surface area contributed by atoms with Crippen LogP contribution in [-0.2, 0) is 0 Å². The van der Waals surface area contributed by atoms with Gasteiger partial charge in [0.1, 0.15) is 12.2 Å². The van der Waals surface area contributed by atoms with Gasteiger partial charge in [0, 0.05) is 84.1 Å². The van der Waals surface area contributed by atoms with Crippen molar-refractivity contribution in [2.45, 2.75) is 180 Å². The van der Waals surface area contributed by atoms with E-state index in [9.17, 15) is 0 Å². The van der Waals surface area contributed by atoms with E-state index in [1.54, 1.807) is 12.5 Å². The Morgan fingerprint density at radius 1 is 0.181 bits per heavy atom. The molecular formula is C104H124N12. The molecule has 0 amide bonds. The van der Waals surface area contributed by atoms with Gasteiger partial charge < -0.3 is 0 Å². The molecule has 0 unspecified atom stereocenters. The van der Waals surface area contributed by atoms with Crippen LogP contribution in [0.15, 0.2) is 243 Å². The van der Waals surface area contributed by atoms with E-state index >= 15 is 0 Å². The van der Waals surface area contributed by atoms with Crippen molar-refractivity contribution in [2.24, 2.45) is 35.5 Å². The van der Waals surface area contributed by atoms with E-state index in [4.69, 9.17) is 0 Å². The first-order valence-electron chi connectivity index (χ1n) is 41.0. The Hall–Kier alpha value is -11.8. The van der Waals surface area contributed by atoms with Crippen LogP contribution in [0.3, 0.4) is 0 Å². The minimum atomic E-state index is 0.833. The highest BCUT2D eigenvalue weighted by atomic mass is 14.9.